The van der Waals surface area contributed by atoms with Gasteiger partial charge in [0.25, 0.3) is 0 Å². The highest BCUT2D eigenvalue weighted by atomic mass is 32.1. The van der Waals surface area contributed by atoms with Gasteiger partial charge in [-0.15, -0.1) is 0 Å². The van der Waals surface area contributed by atoms with E-state index in [4.69, 9.17) is 0 Å². The molecule has 1 aliphatic heterocycles. The average molecular weight is 349 g/mol. The number of aliphatic imine (C=N–C) groups is 1. The quantitative estimate of drug-likeness (QED) is 0.590. The van der Waals surface area contributed by atoms with E-state index in [0.717, 1.165) is 22.4 Å². The highest BCUT2D eigenvalue weighted by Crippen LogP contribution is 2.38. The van der Waals surface area contributed by atoms with Crippen molar-refractivity contribution in [1.29, 1.82) is 0 Å². The van der Waals surface area contributed by atoms with Gasteiger partial charge in [-0.25, -0.2) is 0 Å². The van der Waals surface area contributed by atoms with E-state index in [0.29, 0.717) is 15.7 Å². The van der Waals surface area contributed by atoms with E-state index < -0.39 is 0 Å². The molecule has 25 heavy (non-hydrogen) atoms. The first-order valence-electron chi connectivity index (χ1n) is 7.72. The monoisotopic (exact) mass is 349 g/mol. The maximum absolute atomic E-state index is 10.1. The van der Waals surface area contributed by atoms with Crippen molar-refractivity contribution in [3.63, 3.8) is 0 Å². The van der Waals surface area contributed by atoms with Crippen molar-refractivity contribution in [2.45, 2.75) is 6.92 Å². The fourth-order valence-corrected chi connectivity index (χ4v) is 3.46. The predicted molar refractivity (Wildman–Crippen MR) is 102 cm³/mol. The third kappa shape index (κ3) is 2.99. The van der Waals surface area contributed by atoms with Crippen LogP contribution in [0.2, 0.25) is 0 Å². The Morgan fingerprint density at radius 2 is 1.96 bits per heavy atom. The number of nitrogens with one attached hydrogen (secondary N) is 1. The van der Waals surface area contributed by atoms with Crippen LogP contribution in [0.15, 0.2) is 47.5 Å². The smallest absolute Gasteiger partial charge is 0.231 e. The zero-order chi connectivity index (χ0) is 17.4. The Morgan fingerprint density at radius 3 is 2.84 bits per heavy atom. The number of para-hydroxylation sites is 1. The average Bonchev–Trinajstić information content (AvgIpc) is 3.16. The number of aromatic nitrogens is 1. The normalized spacial score (nSPS) is 14.0. The summed E-state index contributed by atoms with van der Waals surface area (Å²) in [5, 5.41) is 23.6. The number of hydrogen-bond donors (Lipinski definition) is 3. The van der Waals surface area contributed by atoms with Gasteiger partial charge in [-0.3, -0.25) is 4.99 Å². The van der Waals surface area contributed by atoms with E-state index in [9.17, 15) is 10.2 Å². The van der Waals surface area contributed by atoms with Gasteiger partial charge in [0.2, 0.25) is 5.88 Å². The fraction of sp³-hybridized carbons (Fsp3) is 0.0526. The van der Waals surface area contributed by atoms with Crippen LogP contribution in [0.1, 0.15) is 16.0 Å². The predicted octanol–water partition coefficient (Wildman–Crippen LogP) is 4.86. The minimum Gasteiger partial charge on any atom is -0.506 e. The van der Waals surface area contributed by atoms with Gasteiger partial charge >= 0.3 is 0 Å². The zero-order valence-electron chi connectivity index (χ0n) is 13.4. The van der Waals surface area contributed by atoms with Gasteiger partial charge in [-0.2, -0.15) is 4.98 Å². The number of hydrogen-bond acceptors (Lipinski definition) is 6. The van der Waals surface area contributed by atoms with E-state index in [1.807, 2.05) is 49.4 Å². The summed E-state index contributed by atoms with van der Waals surface area (Å²) < 4.78 is 0. The largest absolute Gasteiger partial charge is 0.506 e. The lowest BCUT2D eigenvalue weighted by molar-refractivity contribution is 0.456. The van der Waals surface area contributed by atoms with Gasteiger partial charge in [-0.1, -0.05) is 35.6 Å². The molecule has 0 fully saturated rings. The van der Waals surface area contributed by atoms with Crippen molar-refractivity contribution in [3.8, 4) is 11.6 Å². The van der Waals surface area contributed by atoms with Gasteiger partial charge in [0.05, 0.1) is 16.3 Å². The maximum Gasteiger partial charge on any atom is 0.231 e. The summed E-state index contributed by atoms with van der Waals surface area (Å²) in [5.41, 5.74) is 4.45. The highest BCUT2D eigenvalue weighted by Gasteiger charge is 2.15. The van der Waals surface area contributed by atoms with Crippen LogP contribution in [0.25, 0.3) is 11.6 Å². The van der Waals surface area contributed by atoms with Crippen molar-refractivity contribution in [2.75, 3.05) is 5.32 Å². The number of nitrogens with zero attached hydrogens (tertiary/aromatic N) is 2. The van der Waals surface area contributed by atoms with Crippen LogP contribution in [-0.4, -0.2) is 21.4 Å². The molecule has 0 saturated heterocycles. The second-order valence-electron chi connectivity index (χ2n) is 5.73. The van der Waals surface area contributed by atoms with Crippen LogP contribution in [0.4, 0.5) is 16.5 Å². The first kappa shape index (κ1) is 15.4. The number of benzene rings is 2. The van der Waals surface area contributed by atoms with Crippen LogP contribution < -0.4 is 5.32 Å². The molecule has 0 radical (unpaired) electrons. The van der Waals surface area contributed by atoms with Gasteiger partial charge in [0.15, 0.2) is 5.13 Å². The number of rotatable bonds is 3. The molecular weight excluding hydrogens is 334 g/mol. The van der Waals surface area contributed by atoms with Crippen LogP contribution in [0.3, 0.4) is 0 Å². The standard InChI is InChI=1S/C19H15N3O2S/c1-11-6-7-16(23)15(8-11)21-19-22-18(24)17(25-19)9-12-10-20-14-5-3-2-4-13(12)14/h2-10,23-24H,1H3,(H,21,22). The lowest BCUT2D eigenvalue weighted by atomic mass is 10.1. The second-order valence-corrected chi connectivity index (χ2v) is 6.76. The topological polar surface area (TPSA) is 77.7 Å². The van der Waals surface area contributed by atoms with Gasteiger partial charge in [-0.05, 0) is 36.8 Å². The Labute approximate surface area is 148 Å². The zero-order valence-corrected chi connectivity index (χ0v) is 14.2. The van der Waals surface area contributed by atoms with Crippen LogP contribution in [0, 0.1) is 6.92 Å². The maximum atomic E-state index is 10.1. The van der Waals surface area contributed by atoms with Crippen molar-refractivity contribution >= 4 is 45.7 Å². The van der Waals surface area contributed by atoms with Gasteiger partial charge in [0.1, 0.15) is 5.75 Å². The number of phenolic OH excluding ortho intramolecular Hbond substituents is 1. The molecule has 3 N–H and O–H groups in total. The summed E-state index contributed by atoms with van der Waals surface area (Å²) >= 11 is 1.31. The second kappa shape index (κ2) is 6.07. The van der Waals surface area contributed by atoms with E-state index in [2.05, 4.69) is 15.3 Å². The molecule has 0 saturated carbocycles. The molecule has 124 valence electrons. The Hall–Kier alpha value is -3.12. The van der Waals surface area contributed by atoms with Crippen molar-refractivity contribution in [2.24, 2.45) is 4.99 Å². The van der Waals surface area contributed by atoms with Crippen LogP contribution >= 0.6 is 11.3 Å². The summed E-state index contributed by atoms with van der Waals surface area (Å²) in [5.74, 6) is 0.0852. The molecule has 3 aromatic rings. The lowest BCUT2D eigenvalue weighted by Gasteiger charge is -2.05. The van der Waals surface area contributed by atoms with E-state index in [1.165, 1.54) is 11.3 Å². The molecule has 0 spiro atoms. The summed E-state index contributed by atoms with van der Waals surface area (Å²) in [6.07, 6.45) is 3.65. The Kier molecular flexibility index (Phi) is 3.74. The first-order valence-corrected chi connectivity index (χ1v) is 8.53. The van der Waals surface area contributed by atoms with Crippen LogP contribution in [-0.2, 0) is 0 Å². The third-order valence-electron chi connectivity index (χ3n) is 3.87. The number of aryl methyl sites for hydroxylation is 1. The Balaban J connectivity index is 1.65. The number of fused-ring (bicyclic) bond motifs is 1. The van der Waals surface area contributed by atoms with E-state index in [1.54, 1.807) is 12.3 Å². The molecule has 1 aliphatic rings. The molecule has 0 unspecified atom stereocenters. The Morgan fingerprint density at radius 1 is 1.12 bits per heavy atom. The minimum absolute atomic E-state index is 0.0510. The molecule has 1 aromatic heterocycles. The summed E-state index contributed by atoms with van der Waals surface area (Å²) in [6, 6.07) is 13.1. The third-order valence-corrected chi connectivity index (χ3v) is 4.78. The fourth-order valence-electron chi connectivity index (χ4n) is 2.63. The summed E-state index contributed by atoms with van der Waals surface area (Å²) in [4.78, 5) is 9.13. The van der Waals surface area contributed by atoms with Crippen molar-refractivity contribution in [3.05, 3.63) is 58.5 Å². The highest BCUT2D eigenvalue weighted by molar-refractivity contribution is 7.16. The number of allylic oxidation sites excluding steroid dienone is 1. The van der Waals surface area contributed by atoms with Crippen molar-refractivity contribution in [1.82, 2.24) is 4.98 Å². The van der Waals surface area contributed by atoms with Gasteiger partial charge in [0, 0.05) is 17.4 Å². The molecule has 5 nitrogen and oxygen atoms in total. The SMILES string of the molecule is Cc1ccc(O)c(Nc2nc(O)c(C=C3C=Nc4ccccc43)s2)c1. The van der Waals surface area contributed by atoms with Crippen molar-refractivity contribution < 1.29 is 10.2 Å². The number of phenols is 1. The molecular formula is C19H15N3O2S. The molecule has 2 heterocycles. The molecule has 2 aromatic carbocycles. The molecule has 0 aliphatic carbocycles. The number of thiazole rings is 1. The summed E-state index contributed by atoms with van der Waals surface area (Å²) in [7, 11) is 0. The lowest BCUT2D eigenvalue weighted by Crippen LogP contribution is -1.90. The molecule has 4 rings (SSSR count). The minimum atomic E-state index is -0.0510. The molecule has 0 bridgehead atoms. The van der Waals surface area contributed by atoms with Crippen LogP contribution in [0.5, 0.6) is 11.6 Å². The summed E-state index contributed by atoms with van der Waals surface area (Å²) in [6.45, 7) is 1.94. The van der Waals surface area contributed by atoms with Gasteiger partial charge < -0.3 is 15.5 Å². The van der Waals surface area contributed by atoms with E-state index >= 15 is 0 Å². The number of anilines is 2. The molecule has 0 amide bonds. The molecule has 6 heteroatoms. The van der Waals surface area contributed by atoms with E-state index in [-0.39, 0.29) is 11.6 Å². The number of aromatic hydroxyl groups is 2. The Bertz CT molecular complexity index is 1020. The first-order chi connectivity index (χ1) is 12.1. The molecule has 0 atom stereocenters.